The molecule has 1 N–H and O–H groups in total. The van der Waals surface area contributed by atoms with Gasteiger partial charge in [-0.1, -0.05) is 5.16 Å². The molecular weight excluding hydrogens is 288 g/mol. The van der Waals surface area contributed by atoms with E-state index in [1.54, 1.807) is 11.3 Å². The molecule has 0 saturated carbocycles. The second-order valence-corrected chi connectivity index (χ2v) is 6.00. The molecular formula is C14H18N4O2S. The van der Waals surface area contributed by atoms with Gasteiger partial charge in [-0.15, -0.1) is 0 Å². The van der Waals surface area contributed by atoms with Crippen LogP contribution in [0, 0.1) is 0 Å². The highest BCUT2D eigenvalue weighted by Gasteiger charge is 2.21. The Kier molecular flexibility index (Phi) is 4.31. The van der Waals surface area contributed by atoms with E-state index < -0.39 is 0 Å². The Morgan fingerprint density at radius 1 is 1.62 bits per heavy atom. The van der Waals surface area contributed by atoms with Crippen molar-refractivity contribution in [2.24, 2.45) is 0 Å². The summed E-state index contributed by atoms with van der Waals surface area (Å²) in [5.41, 5.74) is 0.956. The highest BCUT2D eigenvalue weighted by atomic mass is 32.1. The lowest BCUT2D eigenvalue weighted by Gasteiger charge is -2.31. The van der Waals surface area contributed by atoms with E-state index in [9.17, 15) is 4.79 Å². The second kappa shape index (κ2) is 6.36. The summed E-state index contributed by atoms with van der Waals surface area (Å²) >= 11 is 1.59. The van der Waals surface area contributed by atoms with E-state index in [-0.39, 0.29) is 5.91 Å². The summed E-state index contributed by atoms with van der Waals surface area (Å²) < 4.78 is 5.21. The van der Waals surface area contributed by atoms with Gasteiger partial charge in [0.15, 0.2) is 0 Å². The van der Waals surface area contributed by atoms with Crippen molar-refractivity contribution in [3.05, 3.63) is 22.7 Å². The van der Waals surface area contributed by atoms with Gasteiger partial charge in [0.25, 0.3) is 0 Å². The van der Waals surface area contributed by atoms with Crippen LogP contribution in [0.5, 0.6) is 0 Å². The zero-order chi connectivity index (χ0) is 14.7. The molecule has 0 spiro atoms. The fourth-order valence-electron chi connectivity index (χ4n) is 2.40. The van der Waals surface area contributed by atoms with Crippen LogP contribution in [-0.4, -0.2) is 46.6 Å². The molecule has 3 heterocycles. The van der Waals surface area contributed by atoms with Crippen LogP contribution in [0.25, 0.3) is 11.4 Å². The monoisotopic (exact) mass is 306 g/mol. The Morgan fingerprint density at radius 3 is 3.29 bits per heavy atom. The maximum Gasteiger partial charge on any atom is 0.227 e. The fraction of sp³-hybridized carbons (Fsp3) is 0.500. The van der Waals surface area contributed by atoms with Crippen molar-refractivity contribution in [3.63, 3.8) is 0 Å². The number of thiophene rings is 1. The van der Waals surface area contributed by atoms with Gasteiger partial charge in [-0.05, 0) is 18.4 Å². The van der Waals surface area contributed by atoms with Crippen molar-refractivity contribution < 1.29 is 9.32 Å². The first kappa shape index (κ1) is 14.2. The van der Waals surface area contributed by atoms with Gasteiger partial charge >= 0.3 is 0 Å². The van der Waals surface area contributed by atoms with Gasteiger partial charge < -0.3 is 14.7 Å². The molecule has 3 rings (SSSR count). The SMILES string of the molecule is CC1CN(C(=O)CCc2nc(-c3ccsc3)no2)CCN1. The average molecular weight is 306 g/mol. The van der Waals surface area contributed by atoms with Gasteiger partial charge in [0.05, 0.1) is 0 Å². The molecule has 1 aliphatic heterocycles. The lowest BCUT2D eigenvalue weighted by atomic mass is 10.2. The highest BCUT2D eigenvalue weighted by molar-refractivity contribution is 7.08. The molecule has 2 aromatic rings. The first-order valence-corrected chi connectivity index (χ1v) is 8.03. The number of piperazine rings is 1. The number of amides is 1. The van der Waals surface area contributed by atoms with Crippen molar-refractivity contribution in [2.45, 2.75) is 25.8 Å². The van der Waals surface area contributed by atoms with Crippen LogP contribution in [0.3, 0.4) is 0 Å². The molecule has 0 bridgehead atoms. The third-order valence-electron chi connectivity index (χ3n) is 3.52. The summed E-state index contributed by atoms with van der Waals surface area (Å²) in [5, 5.41) is 11.2. The second-order valence-electron chi connectivity index (χ2n) is 5.22. The average Bonchev–Trinajstić information content (AvgIpc) is 3.15. The fourth-order valence-corrected chi connectivity index (χ4v) is 3.03. The van der Waals surface area contributed by atoms with Crippen molar-refractivity contribution in [3.8, 4) is 11.4 Å². The molecule has 2 aromatic heterocycles. The van der Waals surface area contributed by atoms with Crippen LogP contribution in [-0.2, 0) is 11.2 Å². The molecule has 1 atom stereocenters. The molecule has 1 amide bonds. The molecule has 1 saturated heterocycles. The summed E-state index contributed by atoms with van der Waals surface area (Å²) in [5.74, 6) is 1.26. The van der Waals surface area contributed by atoms with E-state index >= 15 is 0 Å². The number of carbonyl (C=O) groups excluding carboxylic acids is 1. The summed E-state index contributed by atoms with van der Waals surface area (Å²) in [6, 6.07) is 2.31. The van der Waals surface area contributed by atoms with Crippen LogP contribution in [0.15, 0.2) is 21.3 Å². The van der Waals surface area contributed by atoms with Crippen LogP contribution in [0.2, 0.25) is 0 Å². The van der Waals surface area contributed by atoms with Gasteiger partial charge in [-0.2, -0.15) is 16.3 Å². The quantitative estimate of drug-likeness (QED) is 0.928. The van der Waals surface area contributed by atoms with Crippen molar-refractivity contribution in [2.75, 3.05) is 19.6 Å². The van der Waals surface area contributed by atoms with E-state index in [0.717, 1.165) is 25.2 Å². The van der Waals surface area contributed by atoms with Crippen LogP contribution in [0.1, 0.15) is 19.2 Å². The van der Waals surface area contributed by atoms with E-state index in [2.05, 4.69) is 22.4 Å². The first-order valence-electron chi connectivity index (χ1n) is 7.08. The van der Waals surface area contributed by atoms with E-state index in [1.807, 2.05) is 21.7 Å². The predicted molar refractivity (Wildman–Crippen MR) is 80.0 cm³/mol. The van der Waals surface area contributed by atoms with Crippen LogP contribution >= 0.6 is 11.3 Å². The Balaban J connectivity index is 1.54. The number of aromatic nitrogens is 2. The van der Waals surface area contributed by atoms with Crippen molar-refractivity contribution in [1.29, 1.82) is 0 Å². The number of hydrogen-bond acceptors (Lipinski definition) is 6. The molecule has 21 heavy (non-hydrogen) atoms. The first-order chi connectivity index (χ1) is 10.2. The Morgan fingerprint density at radius 2 is 2.52 bits per heavy atom. The maximum absolute atomic E-state index is 12.2. The number of nitrogens with zero attached hydrogens (tertiary/aromatic N) is 3. The van der Waals surface area contributed by atoms with Gasteiger partial charge in [0, 0.05) is 49.5 Å². The lowest BCUT2D eigenvalue weighted by molar-refractivity contribution is -0.132. The highest BCUT2D eigenvalue weighted by Crippen LogP contribution is 2.19. The van der Waals surface area contributed by atoms with Crippen molar-refractivity contribution in [1.82, 2.24) is 20.4 Å². The zero-order valence-electron chi connectivity index (χ0n) is 11.9. The van der Waals surface area contributed by atoms with Crippen molar-refractivity contribution >= 4 is 17.2 Å². The summed E-state index contributed by atoms with van der Waals surface area (Å²) in [6.45, 7) is 4.48. The number of nitrogens with one attached hydrogen (secondary N) is 1. The molecule has 0 radical (unpaired) electrons. The van der Waals surface area contributed by atoms with Gasteiger partial charge in [-0.3, -0.25) is 4.79 Å². The summed E-state index contributed by atoms with van der Waals surface area (Å²) in [4.78, 5) is 18.4. The zero-order valence-corrected chi connectivity index (χ0v) is 12.7. The molecule has 6 nitrogen and oxygen atoms in total. The Labute approximate surface area is 127 Å². The van der Waals surface area contributed by atoms with Gasteiger partial charge in [0.1, 0.15) is 0 Å². The minimum atomic E-state index is 0.152. The van der Waals surface area contributed by atoms with E-state index in [4.69, 9.17) is 4.52 Å². The van der Waals surface area contributed by atoms with Crippen LogP contribution < -0.4 is 5.32 Å². The number of aryl methyl sites for hydroxylation is 1. The normalized spacial score (nSPS) is 18.9. The molecule has 0 aliphatic carbocycles. The smallest absolute Gasteiger partial charge is 0.227 e. The Hall–Kier alpha value is -1.73. The molecule has 7 heteroatoms. The Bertz CT molecular complexity index is 596. The molecule has 1 fully saturated rings. The molecule has 1 unspecified atom stereocenters. The van der Waals surface area contributed by atoms with Gasteiger partial charge in [-0.25, -0.2) is 0 Å². The number of hydrogen-bond donors (Lipinski definition) is 1. The number of carbonyl (C=O) groups is 1. The molecule has 1 aliphatic rings. The lowest BCUT2D eigenvalue weighted by Crippen LogP contribution is -2.51. The van der Waals surface area contributed by atoms with Crippen LogP contribution in [0.4, 0.5) is 0 Å². The number of rotatable bonds is 4. The van der Waals surface area contributed by atoms with E-state index in [1.165, 1.54) is 0 Å². The van der Waals surface area contributed by atoms with Gasteiger partial charge in [0.2, 0.25) is 17.6 Å². The predicted octanol–water partition coefficient (Wildman–Crippen LogP) is 1.55. The van der Waals surface area contributed by atoms with E-state index in [0.29, 0.717) is 30.6 Å². The third kappa shape index (κ3) is 3.48. The minimum absolute atomic E-state index is 0.152. The topological polar surface area (TPSA) is 71.3 Å². The minimum Gasteiger partial charge on any atom is -0.340 e. The third-order valence-corrected chi connectivity index (χ3v) is 4.20. The summed E-state index contributed by atoms with van der Waals surface area (Å²) in [7, 11) is 0. The maximum atomic E-state index is 12.2. The standard InChI is InChI=1S/C14H18N4O2S/c1-10-8-18(6-5-15-10)13(19)3-2-12-16-14(17-20-12)11-4-7-21-9-11/h4,7,9-10,15H,2-3,5-6,8H2,1H3. The summed E-state index contributed by atoms with van der Waals surface area (Å²) in [6.07, 6.45) is 0.909. The molecule has 112 valence electrons. The largest absolute Gasteiger partial charge is 0.340 e. The molecule has 0 aromatic carbocycles.